The molecule has 30 heavy (non-hydrogen) atoms. The quantitative estimate of drug-likeness (QED) is 0.582. The van der Waals surface area contributed by atoms with E-state index in [9.17, 15) is 14.7 Å². The van der Waals surface area contributed by atoms with Crippen molar-refractivity contribution in [3.05, 3.63) is 52.0 Å². The Kier molecular flexibility index (Phi) is 6.34. The van der Waals surface area contributed by atoms with Crippen LogP contribution in [-0.2, 0) is 14.3 Å². The van der Waals surface area contributed by atoms with Crippen LogP contribution in [0.25, 0.3) is 0 Å². The third-order valence-corrected chi connectivity index (χ3v) is 5.18. The van der Waals surface area contributed by atoms with Crippen molar-refractivity contribution in [2.75, 3.05) is 20.8 Å². The molecule has 2 unspecified atom stereocenters. The molecule has 7 nitrogen and oxygen atoms in total. The zero-order valence-electron chi connectivity index (χ0n) is 17.8. The Labute approximate surface area is 175 Å². The smallest absolute Gasteiger partial charge is 0.346 e. The van der Waals surface area contributed by atoms with E-state index >= 15 is 0 Å². The highest BCUT2D eigenvalue weighted by molar-refractivity contribution is 5.97. The van der Waals surface area contributed by atoms with Crippen molar-refractivity contribution in [3.63, 3.8) is 0 Å². The van der Waals surface area contributed by atoms with E-state index < -0.39 is 12.1 Å². The predicted octanol–water partition coefficient (Wildman–Crippen LogP) is 3.52. The lowest BCUT2D eigenvalue weighted by atomic mass is 9.88. The van der Waals surface area contributed by atoms with Gasteiger partial charge in [-0.1, -0.05) is 20.8 Å². The van der Waals surface area contributed by atoms with Gasteiger partial charge in [-0.3, -0.25) is 0 Å². The second-order valence-corrected chi connectivity index (χ2v) is 7.73. The minimum Gasteiger partial charge on any atom is -0.495 e. The van der Waals surface area contributed by atoms with E-state index in [1.54, 1.807) is 18.2 Å². The summed E-state index contributed by atoms with van der Waals surface area (Å²) in [6.07, 6.45) is 1.44. The number of benzene rings is 1. The average molecular weight is 414 g/mol. The third kappa shape index (κ3) is 3.86. The van der Waals surface area contributed by atoms with Crippen molar-refractivity contribution in [1.29, 1.82) is 0 Å². The molecule has 2 aliphatic rings. The standard InChI is InChI=1S/C23H26O7/c1-12(2)8-17(25)14-6-7-18-20(22(14)28-5)23(26)29-11-16-15(10-24)13(3)9-19(27-4)21(16)30-18/h6-7,9,12-13,17,25H,8,11H2,1-5H3. The molecule has 0 bridgehead atoms. The molecule has 1 heterocycles. The number of rotatable bonds is 5. The zero-order valence-corrected chi connectivity index (χ0v) is 17.8. The first-order chi connectivity index (χ1) is 14.3. The maximum Gasteiger partial charge on any atom is 0.346 e. The lowest BCUT2D eigenvalue weighted by Crippen LogP contribution is -2.24. The summed E-state index contributed by atoms with van der Waals surface area (Å²) in [6.45, 7) is 5.64. The maximum absolute atomic E-state index is 12.9. The number of cyclic esters (lactones) is 1. The summed E-state index contributed by atoms with van der Waals surface area (Å²) in [4.78, 5) is 24.4. The van der Waals surface area contributed by atoms with E-state index in [0.717, 1.165) is 0 Å². The Bertz CT molecular complexity index is 964. The minimum atomic E-state index is -0.812. The summed E-state index contributed by atoms with van der Waals surface area (Å²) in [5, 5.41) is 10.6. The van der Waals surface area contributed by atoms with E-state index in [1.165, 1.54) is 14.2 Å². The van der Waals surface area contributed by atoms with Crippen LogP contribution in [0, 0.1) is 11.8 Å². The molecule has 7 heteroatoms. The van der Waals surface area contributed by atoms with Crippen LogP contribution >= 0.6 is 0 Å². The van der Waals surface area contributed by atoms with Gasteiger partial charge in [0.25, 0.3) is 0 Å². The molecule has 0 fully saturated rings. The lowest BCUT2D eigenvalue weighted by molar-refractivity contribution is 0.0519. The van der Waals surface area contributed by atoms with E-state index in [2.05, 4.69) is 0 Å². The third-order valence-electron chi connectivity index (χ3n) is 5.18. The molecule has 0 radical (unpaired) electrons. The predicted molar refractivity (Wildman–Crippen MR) is 109 cm³/mol. The van der Waals surface area contributed by atoms with Crippen molar-refractivity contribution in [3.8, 4) is 11.5 Å². The Balaban J connectivity index is 2.16. The van der Waals surface area contributed by atoms with Gasteiger partial charge in [0.2, 0.25) is 0 Å². The summed E-state index contributed by atoms with van der Waals surface area (Å²) in [6, 6.07) is 3.25. The molecule has 1 aliphatic heterocycles. The van der Waals surface area contributed by atoms with Gasteiger partial charge in [0.15, 0.2) is 11.5 Å². The van der Waals surface area contributed by atoms with Crippen LogP contribution in [0.5, 0.6) is 11.5 Å². The molecule has 0 spiro atoms. The van der Waals surface area contributed by atoms with Gasteiger partial charge in [0.05, 0.1) is 31.5 Å². The highest BCUT2D eigenvalue weighted by Crippen LogP contribution is 2.42. The van der Waals surface area contributed by atoms with Crippen LogP contribution in [0.1, 0.15) is 49.2 Å². The number of hydrogen-bond acceptors (Lipinski definition) is 7. The highest BCUT2D eigenvalue weighted by Gasteiger charge is 2.34. The highest BCUT2D eigenvalue weighted by atomic mass is 16.6. The SMILES string of the molecule is COC1=CC(C)C(=C=O)C2=C1Oc1ccc(C(O)CC(C)C)c(OC)c1C(=O)OC2. The molecule has 1 aliphatic carbocycles. The number of ether oxygens (including phenoxy) is 4. The molecular weight excluding hydrogens is 388 g/mol. The van der Waals surface area contributed by atoms with Gasteiger partial charge in [-0.25, -0.2) is 9.59 Å². The number of hydrogen-bond donors (Lipinski definition) is 1. The van der Waals surface area contributed by atoms with Crippen molar-refractivity contribution in [2.45, 2.75) is 33.3 Å². The Morgan fingerprint density at radius 2 is 2.00 bits per heavy atom. The molecule has 1 aromatic rings. The zero-order chi connectivity index (χ0) is 22.0. The second-order valence-electron chi connectivity index (χ2n) is 7.73. The largest absolute Gasteiger partial charge is 0.495 e. The van der Waals surface area contributed by atoms with Gasteiger partial charge < -0.3 is 24.1 Å². The van der Waals surface area contributed by atoms with E-state index in [-0.39, 0.29) is 35.5 Å². The number of aliphatic hydroxyl groups excluding tert-OH is 1. The summed E-state index contributed by atoms with van der Waals surface area (Å²) < 4.78 is 22.5. The van der Waals surface area contributed by atoms with Crippen LogP contribution < -0.4 is 9.47 Å². The van der Waals surface area contributed by atoms with Crippen LogP contribution in [0.2, 0.25) is 0 Å². The monoisotopic (exact) mass is 414 g/mol. The number of carbonyl (C=O) groups excluding carboxylic acids is 2. The molecule has 0 saturated heterocycles. The minimum absolute atomic E-state index is 0.0788. The van der Waals surface area contributed by atoms with E-state index in [4.69, 9.17) is 18.9 Å². The second kappa shape index (κ2) is 8.78. The Morgan fingerprint density at radius 3 is 2.60 bits per heavy atom. The van der Waals surface area contributed by atoms with E-state index in [1.807, 2.05) is 26.7 Å². The van der Waals surface area contributed by atoms with Gasteiger partial charge in [-0.15, -0.1) is 0 Å². The van der Waals surface area contributed by atoms with E-state index in [0.29, 0.717) is 34.6 Å². The maximum atomic E-state index is 12.9. The summed E-state index contributed by atoms with van der Waals surface area (Å²) in [5.74, 6) is 2.36. The molecule has 3 rings (SSSR count). The fourth-order valence-corrected chi connectivity index (χ4v) is 3.74. The molecular formula is C23H26O7. The number of carbonyl (C=O) groups is 1. The van der Waals surface area contributed by atoms with Crippen molar-refractivity contribution in [1.82, 2.24) is 0 Å². The first-order valence-corrected chi connectivity index (χ1v) is 9.80. The van der Waals surface area contributed by atoms with Crippen molar-refractivity contribution >= 4 is 11.9 Å². The van der Waals surface area contributed by atoms with Crippen LogP contribution in [0.15, 0.2) is 40.9 Å². The summed E-state index contributed by atoms with van der Waals surface area (Å²) in [5.41, 5.74) is 1.32. The van der Waals surface area contributed by atoms with Crippen LogP contribution in [0.4, 0.5) is 0 Å². The van der Waals surface area contributed by atoms with Crippen LogP contribution in [-0.4, -0.2) is 37.8 Å². The normalized spacial score (nSPS) is 19.4. The molecule has 0 saturated carbocycles. The number of aliphatic hydroxyl groups is 1. The molecule has 2 atom stereocenters. The lowest BCUT2D eigenvalue weighted by Gasteiger charge is -2.28. The first kappa shape index (κ1) is 21.7. The van der Waals surface area contributed by atoms with Gasteiger partial charge in [-0.05, 0) is 30.5 Å². The fourth-order valence-electron chi connectivity index (χ4n) is 3.74. The number of fused-ring (bicyclic) bond motifs is 1. The number of allylic oxidation sites excluding steroid dienone is 1. The molecule has 160 valence electrons. The number of esters is 1. The van der Waals surface area contributed by atoms with Gasteiger partial charge in [0, 0.05) is 11.5 Å². The van der Waals surface area contributed by atoms with Crippen LogP contribution in [0.3, 0.4) is 0 Å². The van der Waals surface area contributed by atoms with Gasteiger partial charge in [-0.2, -0.15) is 0 Å². The molecule has 1 N–H and O–H groups in total. The van der Waals surface area contributed by atoms with Crippen molar-refractivity contribution < 1.29 is 33.6 Å². The molecule has 1 aromatic carbocycles. The van der Waals surface area contributed by atoms with Gasteiger partial charge >= 0.3 is 5.97 Å². The number of methoxy groups -OCH3 is 2. The van der Waals surface area contributed by atoms with Crippen molar-refractivity contribution in [2.24, 2.45) is 11.8 Å². The Morgan fingerprint density at radius 1 is 1.27 bits per heavy atom. The topological polar surface area (TPSA) is 91.3 Å². The van der Waals surface area contributed by atoms with Gasteiger partial charge in [0.1, 0.15) is 29.6 Å². The molecule has 0 amide bonds. The average Bonchev–Trinajstić information content (AvgIpc) is 2.70. The first-order valence-electron chi connectivity index (χ1n) is 9.80. The summed E-state index contributed by atoms with van der Waals surface area (Å²) in [7, 11) is 2.92. The molecule has 0 aromatic heterocycles. The summed E-state index contributed by atoms with van der Waals surface area (Å²) >= 11 is 0. The fraction of sp³-hybridized carbons (Fsp3) is 0.435. The Hall–Kier alpha value is -3.02.